The molecule has 1 heterocycles. The highest BCUT2D eigenvalue weighted by atomic mass is 16.3. The number of fused-ring (bicyclic) bond motifs is 1. The molecule has 3 heteroatoms. The van der Waals surface area contributed by atoms with Crippen LogP contribution >= 0.6 is 0 Å². The van der Waals surface area contributed by atoms with Gasteiger partial charge < -0.3 is 14.8 Å². The molecule has 0 aliphatic rings. The molecule has 2 N–H and O–H groups in total. The van der Waals surface area contributed by atoms with E-state index in [-0.39, 0.29) is 6.61 Å². The molecule has 1 unspecified atom stereocenters. The van der Waals surface area contributed by atoms with Crippen molar-refractivity contribution in [1.29, 1.82) is 0 Å². The highest BCUT2D eigenvalue weighted by Crippen LogP contribution is 2.21. The molecule has 1 aromatic heterocycles. The third kappa shape index (κ3) is 1.89. The fourth-order valence-corrected chi connectivity index (χ4v) is 1.91. The van der Waals surface area contributed by atoms with Crippen molar-refractivity contribution < 1.29 is 10.2 Å². The first kappa shape index (κ1) is 10.2. The van der Waals surface area contributed by atoms with E-state index >= 15 is 0 Å². The number of nitrogens with zero attached hydrogens (tertiary/aromatic N) is 1. The van der Waals surface area contributed by atoms with E-state index in [4.69, 9.17) is 5.11 Å². The van der Waals surface area contributed by atoms with Crippen LogP contribution in [0.2, 0.25) is 0 Å². The van der Waals surface area contributed by atoms with Crippen LogP contribution in [0.5, 0.6) is 0 Å². The zero-order valence-corrected chi connectivity index (χ0v) is 8.72. The molecule has 1 atom stereocenters. The molecule has 0 aliphatic carbocycles. The third-order valence-electron chi connectivity index (χ3n) is 2.65. The average molecular weight is 205 g/mol. The molecule has 15 heavy (non-hydrogen) atoms. The Morgan fingerprint density at radius 3 is 2.80 bits per heavy atom. The summed E-state index contributed by atoms with van der Waals surface area (Å²) in [6.07, 6.45) is 1.83. The number of para-hydroxylation sites is 1. The van der Waals surface area contributed by atoms with E-state index in [1.54, 1.807) is 0 Å². The summed E-state index contributed by atoms with van der Waals surface area (Å²) in [5.41, 5.74) is 2.23. The molecular formula is C12H15NO2. The predicted octanol–water partition coefficient (Wildman–Crippen LogP) is 1.07. The van der Waals surface area contributed by atoms with Crippen LogP contribution in [-0.2, 0) is 13.5 Å². The lowest BCUT2D eigenvalue weighted by atomic mass is 10.1. The van der Waals surface area contributed by atoms with Crippen molar-refractivity contribution in [2.24, 2.45) is 7.05 Å². The Morgan fingerprint density at radius 2 is 2.07 bits per heavy atom. The van der Waals surface area contributed by atoms with E-state index in [2.05, 4.69) is 0 Å². The van der Waals surface area contributed by atoms with Gasteiger partial charge in [-0.05, 0) is 11.6 Å². The summed E-state index contributed by atoms with van der Waals surface area (Å²) in [5.74, 6) is 0. The molecule has 2 rings (SSSR count). The topological polar surface area (TPSA) is 45.4 Å². The monoisotopic (exact) mass is 205 g/mol. The molecule has 0 aliphatic heterocycles. The highest BCUT2D eigenvalue weighted by molar-refractivity contribution is 5.83. The SMILES string of the molecule is Cn1cc(CC(O)CO)c2ccccc21. The second-order valence-corrected chi connectivity index (χ2v) is 3.82. The van der Waals surface area contributed by atoms with Gasteiger partial charge in [-0.2, -0.15) is 0 Å². The van der Waals surface area contributed by atoms with Crippen molar-refractivity contribution in [3.63, 3.8) is 0 Å². The summed E-state index contributed by atoms with van der Waals surface area (Å²) in [4.78, 5) is 0. The van der Waals surface area contributed by atoms with E-state index in [9.17, 15) is 5.11 Å². The number of aliphatic hydroxyl groups is 2. The largest absolute Gasteiger partial charge is 0.394 e. The second kappa shape index (κ2) is 4.04. The van der Waals surface area contributed by atoms with Gasteiger partial charge in [0.1, 0.15) is 0 Å². The van der Waals surface area contributed by atoms with Crippen molar-refractivity contribution in [3.8, 4) is 0 Å². The van der Waals surface area contributed by atoms with Gasteiger partial charge in [-0.3, -0.25) is 0 Å². The maximum absolute atomic E-state index is 9.42. The summed E-state index contributed by atoms with van der Waals surface area (Å²) in [6, 6.07) is 8.06. The Morgan fingerprint density at radius 1 is 1.33 bits per heavy atom. The van der Waals surface area contributed by atoms with E-state index in [0.29, 0.717) is 6.42 Å². The van der Waals surface area contributed by atoms with E-state index < -0.39 is 6.10 Å². The van der Waals surface area contributed by atoms with Crippen molar-refractivity contribution >= 4 is 10.9 Å². The average Bonchev–Trinajstić information content (AvgIpc) is 2.57. The van der Waals surface area contributed by atoms with Gasteiger partial charge in [0.2, 0.25) is 0 Å². The minimum atomic E-state index is -0.671. The van der Waals surface area contributed by atoms with Gasteiger partial charge in [0.05, 0.1) is 12.7 Å². The van der Waals surface area contributed by atoms with Crippen molar-refractivity contribution in [1.82, 2.24) is 4.57 Å². The van der Waals surface area contributed by atoms with Crippen LogP contribution in [0.1, 0.15) is 5.56 Å². The van der Waals surface area contributed by atoms with Gasteiger partial charge in [0.25, 0.3) is 0 Å². The summed E-state index contributed by atoms with van der Waals surface area (Å²) < 4.78 is 2.04. The van der Waals surface area contributed by atoms with Gasteiger partial charge in [0.15, 0.2) is 0 Å². The Bertz CT molecular complexity index is 462. The first-order valence-corrected chi connectivity index (χ1v) is 5.04. The molecular weight excluding hydrogens is 190 g/mol. The maximum atomic E-state index is 9.42. The van der Waals surface area contributed by atoms with Crippen LogP contribution < -0.4 is 0 Å². The smallest absolute Gasteiger partial charge is 0.0811 e. The number of hydrogen-bond acceptors (Lipinski definition) is 2. The Hall–Kier alpha value is -1.32. The van der Waals surface area contributed by atoms with Gasteiger partial charge >= 0.3 is 0 Å². The summed E-state index contributed by atoms with van der Waals surface area (Å²) in [6.45, 7) is -0.191. The zero-order chi connectivity index (χ0) is 10.8. The van der Waals surface area contributed by atoms with Crippen LogP contribution in [0.3, 0.4) is 0 Å². The fourth-order valence-electron chi connectivity index (χ4n) is 1.91. The number of benzene rings is 1. The molecule has 0 amide bonds. The minimum Gasteiger partial charge on any atom is -0.394 e. The Labute approximate surface area is 88.6 Å². The first-order valence-electron chi connectivity index (χ1n) is 5.04. The van der Waals surface area contributed by atoms with Crippen LogP contribution in [-0.4, -0.2) is 27.5 Å². The van der Waals surface area contributed by atoms with Crippen LogP contribution in [0.4, 0.5) is 0 Å². The molecule has 1 aromatic carbocycles. The molecule has 0 saturated carbocycles. The van der Waals surface area contributed by atoms with Crippen LogP contribution in [0.25, 0.3) is 10.9 Å². The number of aliphatic hydroxyl groups excluding tert-OH is 2. The normalized spacial score (nSPS) is 13.3. The van der Waals surface area contributed by atoms with Gasteiger partial charge in [-0.1, -0.05) is 18.2 Å². The van der Waals surface area contributed by atoms with E-state index in [1.807, 2.05) is 42.1 Å². The van der Waals surface area contributed by atoms with E-state index in [0.717, 1.165) is 16.5 Å². The summed E-state index contributed by atoms with van der Waals surface area (Å²) in [5, 5.41) is 19.4. The molecule has 0 radical (unpaired) electrons. The van der Waals surface area contributed by atoms with Crippen molar-refractivity contribution in [2.45, 2.75) is 12.5 Å². The molecule has 0 fully saturated rings. The van der Waals surface area contributed by atoms with Gasteiger partial charge in [-0.15, -0.1) is 0 Å². The minimum absolute atomic E-state index is 0.191. The molecule has 0 spiro atoms. The molecule has 2 aromatic rings. The standard InChI is InChI=1S/C12H15NO2/c1-13-7-9(6-10(15)8-14)11-4-2-3-5-12(11)13/h2-5,7,10,14-15H,6,8H2,1H3. The zero-order valence-electron chi connectivity index (χ0n) is 8.72. The first-order chi connectivity index (χ1) is 7.22. The summed E-state index contributed by atoms with van der Waals surface area (Å²) >= 11 is 0. The molecule has 0 saturated heterocycles. The van der Waals surface area contributed by atoms with Crippen molar-refractivity contribution in [3.05, 3.63) is 36.0 Å². The Balaban J connectivity index is 2.43. The van der Waals surface area contributed by atoms with Gasteiger partial charge in [0, 0.05) is 30.6 Å². The van der Waals surface area contributed by atoms with E-state index in [1.165, 1.54) is 0 Å². The molecule has 3 nitrogen and oxygen atoms in total. The van der Waals surface area contributed by atoms with Crippen molar-refractivity contribution in [2.75, 3.05) is 6.61 Å². The van der Waals surface area contributed by atoms with Crippen LogP contribution in [0, 0.1) is 0 Å². The number of rotatable bonds is 3. The third-order valence-corrected chi connectivity index (χ3v) is 2.65. The fraction of sp³-hybridized carbons (Fsp3) is 0.333. The second-order valence-electron chi connectivity index (χ2n) is 3.82. The lowest BCUT2D eigenvalue weighted by molar-refractivity contribution is 0.0957. The number of hydrogen-bond donors (Lipinski definition) is 2. The molecule has 0 bridgehead atoms. The lowest BCUT2D eigenvalue weighted by Gasteiger charge is -2.04. The summed E-state index contributed by atoms with van der Waals surface area (Å²) in [7, 11) is 1.98. The number of aryl methyl sites for hydroxylation is 1. The molecule has 80 valence electrons. The highest BCUT2D eigenvalue weighted by Gasteiger charge is 2.09. The quantitative estimate of drug-likeness (QED) is 0.787. The lowest BCUT2D eigenvalue weighted by Crippen LogP contribution is -2.14. The predicted molar refractivity (Wildman–Crippen MR) is 59.7 cm³/mol. The maximum Gasteiger partial charge on any atom is 0.0811 e. The van der Waals surface area contributed by atoms with Gasteiger partial charge in [-0.25, -0.2) is 0 Å². The van der Waals surface area contributed by atoms with Crippen LogP contribution in [0.15, 0.2) is 30.5 Å². The Kier molecular flexibility index (Phi) is 2.75. The number of aromatic nitrogens is 1.